The molecule has 0 aliphatic rings. The molecule has 0 atom stereocenters. The minimum Gasteiger partial charge on any atom is -0.504 e. The minimum absolute atomic E-state index is 0.00129. The van der Waals surface area contributed by atoms with Crippen molar-refractivity contribution in [2.45, 2.75) is 6.92 Å². The molecule has 21 heavy (non-hydrogen) atoms. The van der Waals surface area contributed by atoms with Crippen LogP contribution in [0.1, 0.15) is 16.2 Å². The number of phenols is 1. The normalized spacial score (nSPS) is 11.0. The van der Waals surface area contributed by atoms with E-state index in [9.17, 15) is 14.3 Å². The molecule has 0 aliphatic heterocycles. The molecule has 6 heteroatoms. The largest absolute Gasteiger partial charge is 0.504 e. The van der Waals surface area contributed by atoms with E-state index in [-0.39, 0.29) is 11.1 Å². The summed E-state index contributed by atoms with van der Waals surface area (Å²) in [6.07, 6.45) is 0. The first-order chi connectivity index (χ1) is 9.95. The maximum absolute atomic E-state index is 13.7. The van der Waals surface area contributed by atoms with Gasteiger partial charge in [0.15, 0.2) is 11.6 Å². The quantitative estimate of drug-likeness (QED) is 0.675. The smallest absolute Gasteiger partial charge is 0.248 e. The van der Waals surface area contributed by atoms with Gasteiger partial charge < -0.3 is 15.8 Å². The number of nitrogens with one attached hydrogen (secondary N) is 1. The van der Waals surface area contributed by atoms with E-state index in [1.807, 2.05) is 6.92 Å². The molecule has 3 rings (SSSR count). The Morgan fingerprint density at radius 3 is 2.81 bits per heavy atom. The van der Waals surface area contributed by atoms with Crippen LogP contribution in [-0.4, -0.2) is 21.0 Å². The van der Waals surface area contributed by atoms with Crippen LogP contribution in [0.15, 0.2) is 30.3 Å². The number of rotatable bonds is 2. The number of H-pyrrole nitrogens is 1. The molecule has 1 amide bonds. The molecule has 5 nitrogen and oxygen atoms in total. The van der Waals surface area contributed by atoms with Crippen molar-refractivity contribution in [3.63, 3.8) is 0 Å². The molecule has 106 valence electrons. The maximum atomic E-state index is 13.7. The molecule has 0 radical (unpaired) electrons. The molecule has 0 saturated carbocycles. The Bertz CT molecular complexity index is 871. The van der Waals surface area contributed by atoms with Crippen LogP contribution in [0.5, 0.6) is 5.75 Å². The second-order valence-electron chi connectivity index (χ2n) is 4.77. The molecule has 0 fully saturated rings. The standard InChI is InChI=1S/C15H12FN3O2/c1-7-18-12-3-2-8(6-13(12)19-7)10-4-9(15(17)21)5-11(16)14(10)20/h2-6,20H,1H3,(H2,17,21)(H,18,19). The number of nitrogens with two attached hydrogens (primary N) is 1. The average Bonchev–Trinajstić information content (AvgIpc) is 2.80. The van der Waals surface area contributed by atoms with E-state index in [4.69, 9.17) is 5.73 Å². The molecule has 0 aliphatic carbocycles. The number of aromatic amines is 1. The van der Waals surface area contributed by atoms with Gasteiger partial charge in [0.25, 0.3) is 0 Å². The fraction of sp³-hybridized carbons (Fsp3) is 0.0667. The summed E-state index contributed by atoms with van der Waals surface area (Å²) in [4.78, 5) is 18.6. The highest BCUT2D eigenvalue weighted by molar-refractivity contribution is 5.95. The third kappa shape index (κ3) is 2.20. The molecule has 1 aromatic heterocycles. The lowest BCUT2D eigenvalue weighted by molar-refractivity contribution is 0.1000. The van der Waals surface area contributed by atoms with Crippen LogP contribution in [0.2, 0.25) is 0 Å². The number of amides is 1. The van der Waals surface area contributed by atoms with Crippen LogP contribution in [0, 0.1) is 12.7 Å². The van der Waals surface area contributed by atoms with Gasteiger partial charge in [-0.1, -0.05) is 6.07 Å². The Morgan fingerprint density at radius 1 is 1.33 bits per heavy atom. The second-order valence-corrected chi connectivity index (χ2v) is 4.77. The van der Waals surface area contributed by atoms with Crippen molar-refractivity contribution < 1.29 is 14.3 Å². The monoisotopic (exact) mass is 285 g/mol. The summed E-state index contributed by atoms with van der Waals surface area (Å²) < 4.78 is 13.7. The number of aromatic nitrogens is 2. The first-order valence-corrected chi connectivity index (χ1v) is 6.25. The second kappa shape index (κ2) is 4.59. The fourth-order valence-electron chi connectivity index (χ4n) is 2.26. The van der Waals surface area contributed by atoms with E-state index in [2.05, 4.69) is 9.97 Å². The van der Waals surface area contributed by atoms with Gasteiger partial charge in [0.2, 0.25) is 5.91 Å². The molecular weight excluding hydrogens is 273 g/mol. The average molecular weight is 285 g/mol. The number of hydrogen-bond donors (Lipinski definition) is 3. The highest BCUT2D eigenvalue weighted by Crippen LogP contribution is 2.33. The third-order valence-corrected chi connectivity index (χ3v) is 3.26. The summed E-state index contributed by atoms with van der Waals surface area (Å²) in [6.45, 7) is 1.82. The van der Waals surface area contributed by atoms with Crippen molar-refractivity contribution >= 4 is 16.9 Å². The third-order valence-electron chi connectivity index (χ3n) is 3.26. The molecule has 4 N–H and O–H groups in total. The Morgan fingerprint density at radius 2 is 2.10 bits per heavy atom. The van der Waals surface area contributed by atoms with Crippen molar-refractivity contribution in [3.05, 3.63) is 47.5 Å². The topological polar surface area (TPSA) is 92.0 Å². The predicted molar refractivity (Wildman–Crippen MR) is 76.4 cm³/mol. The SMILES string of the molecule is Cc1nc2cc(-c3cc(C(N)=O)cc(F)c3O)ccc2[nH]1. The van der Waals surface area contributed by atoms with Crippen LogP contribution in [0.25, 0.3) is 22.2 Å². The van der Waals surface area contributed by atoms with Gasteiger partial charge in [-0.05, 0) is 36.8 Å². The zero-order valence-electron chi connectivity index (χ0n) is 11.1. The van der Waals surface area contributed by atoms with Gasteiger partial charge in [-0.25, -0.2) is 9.37 Å². The van der Waals surface area contributed by atoms with Crippen molar-refractivity contribution in [3.8, 4) is 16.9 Å². The number of aryl methyl sites for hydroxylation is 1. The number of fused-ring (bicyclic) bond motifs is 1. The van der Waals surface area contributed by atoms with Crippen LogP contribution < -0.4 is 5.73 Å². The zero-order chi connectivity index (χ0) is 15.1. The number of halogens is 1. The zero-order valence-corrected chi connectivity index (χ0v) is 11.1. The molecule has 3 aromatic rings. The molecule has 2 aromatic carbocycles. The summed E-state index contributed by atoms with van der Waals surface area (Å²) >= 11 is 0. The molecular formula is C15H12FN3O2. The first kappa shape index (κ1) is 13.1. The van der Waals surface area contributed by atoms with E-state index in [1.54, 1.807) is 18.2 Å². The number of carbonyl (C=O) groups is 1. The van der Waals surface area contributed by atoms with E-state index in [0.717, 1.165) is 17.4 Å². The number of benzene rings is 2. The van der Waals surface area contributed by atoms with Crippen molar-refractivity contribution in [1.82, 2.24) is 9.97 Å². The molecule has 0 bridgehead atoms. The van der Waals surface area contributed by atoms with Gasteiger partial charge in [0.1, 0.15) is 5.82 Å². The predicted octanol–water partition coefficient (Wildman–Crippen LogP) is 2.48. The Kier molecular flexibility index (Phi) is 2.86. The van der Waals surface area contributed by atoms with Crippen LogP contribution in [0.3, 0.4) is 0 Å². The van der Waals surface area contributed by atoms with Gasteiger partial charge in [-0.2, -0.15) is 0 Å². The van der Waals surface area contributed by atoms with Crippen molar-refractivity contribution in [1.29, 1.82) is 0 Å². The summed E-state index contributed by atoms with van der Waals surface area (Å²) in [5, 5.41) is 9.88. The van der Waals surface area contributed by atoms with Crippen molar-refractivity contribution in [2.75, 3.05) is 0 Å². The van der Waals surface area contributed by atoms with Crippen LogP contribution in [-0.2, 0) is 0 Å². The molecule has 0 spiro atoms. The molecule has 0 unspecified atom stereocenters. The Labute approximate surface area is 119 Å². The summed E-state index contributed by atoms with van der Waals surface area (Å²) in [5.41, 5.74) is 7.44. The van der Waals surface area contributed by atoms with E-state index in [0.29, 0.717) is 11.1 Å². The highest BCUT2D eigenvalue weighted by Gasteiger charge is 2.15. The molecule has 0 saturated heterocycles. The van der Waals surface area contributed by atoms with E-state index < -0.39 is 17.5 Å². The Balaban J connectivity index is 2.23. The van der Waals surface area contributed by atoms with Gasteiger partial charge in [-0.3, -0.25) is 4.79 Å². The van der Waals surface area contributed by atoms with Gasteiger partial charge in [0.05, 0.1) is 11.0 Å². The van der Waals surface area contributed by atoms with Gasteiger partial charge >= 0.3 is 0 Å². The van der Waals surface area contributed by atoms with Gasteiger partial charge in [0, 0.05) is 11.1 Å². The number of aromatic hydroxyl groups is 1. The lowest BCUT2D eigenvalue weighted by Gasteiger charge is -2.08. The van der Waals surface area contributed by atoms with Crippen LogP contribution in [0.4, 0.5) is 4.39 Å². The number of primary amides is 1. The van der Waals surface area contributed by atoms with E-state index >= 15 is 0 Å². The first-order valence-electron chi connectivity index (χ1n) is 6.25. The number of phenolic OH excluding ortho intramolecular Hbond substituents is 1. The lowest BCUT2D eigenvalue weighted by atomic mass is 10.0. The number of hydrogen-bond acceptors (Lipinski definition) is 3. The lowest BCUT2D eigenvalue weighted by Crippen LogP contribution is -2.11. The molecule has 1 heterocycles. The number of nitrogens with zero attached hydrogens (tertiary/aromatic N) is 1. The van der Waals surface area contributed by atoms with Gasteiger partial charge in [-0.15, -0.1) is 0 Å². The van der Waals surface area contributed by atoms with Crippen LogP contribution >= 0.6 is 0 Å². The summed E-state index contributed by atoms with van der Waals surface area (Å²) in [6, 6.07) is 7.47. The minimum atomic E-state index is -0.889. The maximum Gasteiger partial charge on any atom is 0.248 e. The number of imidazole rings is 1. The summed E-state index contributed by atoms with van der Waals surface area (Å²) in [7, 11) is 0. The van der Waals surface area contributed by atoms with Crippen molar-refractivity contribution in [2.24, 2.45) is 5.73 Å². The summed E-state index contributed by atoms with van der Waals surface area (Å²) in [5.74, 6) is -1.42. The number of carbonyl (C=O) groups excluding carboxylic acids is 1. The Hall–Kier alpha value is -2.89. The highest BCUT2D eigenvalue weighted by atomic mass is 19.1. The van der Waals surface area contributed by atoms with E-state index in [1.165, 1.54) is 6.07 Å². The fourth-order valence-corrected chi connectivity index (χ4v) is 2.26.